The number of nitrogens with zero attached hydrogens (tertiary/aromatic N) is 3. The molecule has 0 saturated carbocycles. The molecule has 0 unspecified atom stereocenters. The van der Waals surface area contributed by atoms with Gasteiger partial charge in [-0.2, -0.15) is 0 Å². The zero-order valence-electron chi connectivity index (χ0n) is 12.6. The van der Waals surface area contributed by atoms with Crippen molar-refractivity contribution < 1.29 is 9.21 Å². The Hall–Kier alpha value is -3.15. The van der Waals surface area contributed by atoms with Crippen LogP contribution in [0.2, 0.25) is 0 Å². The van der Waals surface area contributed by atoms with Crippen molar-refractivity contribution in [3.05, 3.63) is 66.1 Å². The van der Waals surface area contributed by atoms with E-state index in [1.807, 2.05) is 30.3 Å². The van der Waals surface area contributed by atoms with Gasteiger partial charge in [-0.3, -0.25) is 4.79 Å². The fraction of sp³-hybridized carbons (Fsp3) is 0.118. The van der Waals surface area contributed by atoms with E-state index in [1.165, 1.54) is 12.5 Å². The van der Waals surface area contributed by atoms with Gasteiger partial charge >= 0.3 is 0 Å². The Morgan fingerprint density at radius 2 is 2.00 bits per heavy atom. The van der Waals surface area contributed by atoms with Crippen molar-refractivity contribution >= 4 is 11.7 Å². The van der Waals surface area contributed by atoms with Crippen LogP contribution in [0.5, 0.6) is 0 Å². The molecule has 0 radical (unpaired) electrons. The van der Waals surface area contributed by atoms with Gasteiger partial charge in [-0.25, -0.2) is 9.97 Å². The van der Waals surface area contributed by atoms with Gasteiger partial charge in [-0.05, 0) is 17.7 Å². The number of benzene rings is 1. The maximum atomic E-state index is 12.5. The van der Waals surface area contributed by atoms with E-state index < -0.39 is 0 Å². The number of hydrogen-bond donors (Lipinski definition) is 1. The van der Waals surface area contributed by atoms with E-state index in [4.69, 9.17) is 10.2 Å². The minimum Gasteiger partial charge on any atom is -0.461 e. The second-order valence-corrected chi connectivity index (χ2v) is 5.12. The normalized spacial score (nSPS) is 10.5. The van der Waals surface area contributed by atoms with Crippen LogP contribution in [0, 0.1) is 0 Å². The minimum atomic E-state index is -0.225. The SMILES string of the molecule is CN(Cc1ccccc1)C(=O)c1cnc(-c2ccco2)nc1N. The zero-order valence-corrected chi connectivity index (χ0v) is 12.6. The molecule has 0 fully saturated rings. The Kier molecular flexibility index (Phi) is 4.05. The predicted molar refractivity (Wildman–Crippen MR) is 86.4 cm³/mol. The average Bonchev–Trinajstić information content (AvgIpc) is 3.09. The lowest BCUT2D eigenvalue weighted by atomic mass is 10.2. The second-order valence-electron chi connectivity index (χ2n) is 5.12. The summed E-state index contributed by atoms with van der Waals surface area (Å²) in [5, 5.41) is 0. The highest BCUT2D eigenvalue weighted by molar-refractivity contribution is 5.98. The van der Waals surface area contributed by atoms with Gasteiger partial charge in [0.2, 0.25) is 0 Å². The van der Waals surface area contributed by atoms with Crippen molar-refractivity contribution in [2.45, 2.75) is 6.54 Å². The van der Waals surface area contributed by atoms with Crippen LogP contribution in [-0.4, -0.2) is 27.8 Å². The van der Waals surface area contributed by atoms with Crippen LogP contribution < -0.4 is 5.73 Å². The number of nitrogens with two attached hydrogens (primary N) is 1. The molecule has 0 aliphatic carbocycles. The minimum absolute atomic E-state index is 0.135. The van der Waals surface area contributed by atoms with Crippen molar-refractivity contribution in [3.63, 3.8) is 0 Å². The van der Waals surface area contributed by atoms with Crippen LogP contribution in [0.25, 0.3) is 11.6 Å². The van der Waals surface area contributed by atoms with Crippen molar-refractivity contribution in [3.8, 4) is 11.6 Å². The van der Waals surface area contributed by atoms with Crippen LogP contribution in [0.3, 0.4) is 0 Å². The number of carbonyl (C=O) groups excluding carboxylic acids is 1. The highest BCUT2D eigenvalue weighted by Gasteiger charge is 2.18. The highest BCUT2D eigenvalue weighted by Crippen LogP contribution is 2.19. The first-order chi connectivity index (χ1) is 11.1. The Morgan fingerprint density at radius 1 is 1.22 bits per heavy atom. The van der Waals surface area contributed by atoms with E-state index in [-0.39, 0.29) is 17.3 Å². The predicted octanol–water partition coefficient (Wildman–Crippen LogP) is 2.59. The molecule has 0 aliphatic heterocycles. The Balaban J connectivity index is 1.79. The summed E-state index contributed by atoms with van der Waals surface area (Å²) in [7, 11) is 1.72. The number of furan rings is 1. The van der Waals surface area contributed by atoms with E-state index in [1.54, 1.807) is 24.1 Å². The fourth-order valence-corrected chi connectivity index (χ4v) is 2.22. The summed E-state index contributed by atoms with van der Waals surface area (Å²) in [5.74, 6) is 0.775. The molecule has 2 aromatic heterocycles. The van der Waals surface area contributed by atoms with Crippen LogP contribution in [0.4, 0.5) is 5.82 Å². The monoisotopic (exact) mass is 308 g/mol. The molecule has 2 N–H and O–H groups in total. The molecule has 0 spiro atoms. The van der Waals surface area contributed by atoms with Crippen LogP contribution >= 0.6 is 0 Å². The summed E-state index contributed by atoms with van der Waals surface area (Å²) in [6.45, 7) is 0.485. The zero-order chi connectivity index (χ0) is 16.2. The van der Waals surface area contributed by atoms with E-state index in [0.29, 0.717) is 18.1 Å². The molecule has 3 rings (SSSR count). The molecule has 6 heteroatoms. The lowest BCUT2D eigenvalue weighted by Crippen LogP contribution is -2.27. The number of aromatic nitrogens is 2. The summed E-state index contributed by atoms with van der Waals surface area (Å²) in [6, 6.07) is 13.2. The van der Waals surface area contributed by atoms with Gasteiger partial charge in [0.25, 0.3) is 5.91 Å². The van der Waals surface area contributed by atoms with Crippen LogP contribution in [0.15, 0.2) is 59.3 Å². The molecule has 0 saturated heterocycles. The van der Waals surface area contributed by atoms with Gasteiger partial charge < -0.3 is 15.1 Å². The molecule has 116 valence electrons. The third kappa shape index (κ3) is 3.21. The average molecular weight is 308 g/mol. The summed E-state index contributed by atoms with van der Waals surface area (Å²) in [6.07, 6.45) is 2.96. The highest BCUT2D eigenvalue weighted by atomic mass is 16.3. The molecule has 0 aliphatic rings. The number of amides is 1. The Bertz CT molecular complexity index is 801. The number of nitrogen functional groups attached to an aromatic ring is 1. The number of carbonyl (C=O) groups is 1. The molecular weight excluding hydrogens is 292 g/mol. The number of rotatable bonds is 4. The number of anilines is 1. The quantitative estimate of drug-likeness (QED) is 0.800. The molecule has 2 heterocycles. The lowest BCUT2D eigenvalue weighted by molar-refractivity contribution is 0.0785. The van der Waals surface area contributed by atoms with E-state index in [2.05, 4.69) is 9.97 Å². The van der Waals surface area contributed by atoms with Gasteiger partial charge in [0.1, 0.15) is 11.4 Å². The smallest absolute Gasteiger partial charge is 0.259 e. The first-order valence-corrected chi connectivity index (χ1v) is 7.11. The van der Waals surface area contributed by atoms with Crippen molar-refractivity contribution in [2.24, 2.45) is 0 Å². The largest absolute Gasteiger partial charge is 0.461 e. The summed E-state index contributed by atoms with van der Waals surface area (Å²) in [4.78, 5) is 22.4. The third-order valence-corrected chi connectivity index (χ3v) is 3.40. The summed E-state index contributed by atoms with van der Waals surface area (Å²) in [5.41, 5.74) is 7.23. The van der Waals surface area contributed by atoms with Gasteiger partial charge in [-0.15, -0.1) is 0 Å². The van der Waals surface area contributed by atoms with E-state index in [0.717, 1.165) is 5.56 Å². The molecule has 0 atom stereocenters. The molecular formula is C17H16N4O2. The van der Waals surface area contributed by atoms with Gasteiger partial charge in [0.15, 0.2) is 11.6 Å². The van der Waals surface area contributed by atoms with Gasteiger partial charge in [0, 0.05) is 19.8 Å². The van der Waals surface area contributed by atoms with Crippen LogP contribution in [-0.2, 0) is 6.54 Å². The molecule has 1 amide bonds. The van der Waals surface area contributed by atoms with E-state index in [9.17, 15) is 4.79 Å². The van der Waals surface area contributed by atoms with Crippen molar-refractivity contribution in [2.75, 3.05) is 12.8 Å². The first kappa shape index (κ1) is 14.8. The Morgan fingerprint density at radius 3 is 2.65 bits per heavy atom. The Labute approximate surface area is 133 Å². The molecule has 3 aromatic rings. The number of hydrogen-bond acceptors (Lipinski definition) is 5. The first-order valence-electron chi connectivity index (χ1n) is 7.11. The van der Waals surface area contributed by atoms with Crippen molar-refractivity contribution in [1.82, 2.24) is 14.9 Å². The maximum Gasteiger partial charge on any atom is 0.259 e. The standard InChI is InChI=1S/C17H16N4O2/c1-21(11-12-6-3-2-4-7-12)17(22)13-10-19-16(20-15(13)18)14-8-5-9-23-14/h2-10H,11H2,1H3,(H2,18,19,20). The van der Waals surface area contributed by atoms with Gasteiger partial charge in [-0.1, -0.05) is 30.3 Å². The lowest BCUT2D eigenvalue weighted by Gasteiger charge is -2.17. The molecule has 1 aromatic carbocycles. The van der Waals surface area contributed by atoms with Gasteiger partial charge in [0.05, 0.1) is 6.26 Å². The van der Waals surface area contributed by atoms with Crippen LogP contribution in [0.1, 0.15) is 15.9 Å². The molecule has 6 nitrogen and oxygen atoms in total. The second kappa shape index (κ2) is 6.31. The maximum absolute atomic E-state index is 12.5. The van der Waals surface area contributed by atoms with E-state index >= 15 is 0 Å². The summed E-state index contributed by atoms with van der Waals surface area (Å²) < 4.78 is 5.23. The topological polar surface area (TPSA) is 85.2 Å². The van der Waals surface area contributed by atoms with Crippen molar-refractivity contribution in [1.29, 1.82) is 0 Å². The third-order valence-electron chi connectivity index (χ3n) is 3.40. The summed E-state index contributed by atoms with van der Waals surface area (Å²) >= 11 is 0. The molecule has 0 bridgehead atoms. The fourth-order valence-electron chi connectivity index (χ4n) is 2.22. The molecule has 23 heavy (non-hydrogen) atoms.